The number of aromatic hydroxyl groups is 2. The summed E-state index contributed by atoms with van der Waals surface area (Å²) in [5, 5.41) is 43.8. The van der Waals surface area contributed by atoms with Gasteiger partial charge in [0.1, 0.15) is 5.75 Å². The summed E-state index contributed by atoms with van der Waals surface area (Å²) in [6, 6.07) is 9.77. The van der Waals surface area contributed by atoms with E-state index in [1.165, 1.54) is 28.8 Å². The van der Waals surface area contributed by atoms with E-state index < -0.39 is 17.1 Å². The summed E-state index contributed by atoms with van der Waals surface area (Å²) in [6.07, 6.45) is 10.9. The zero-order chi connectivity index (χ0) is 30.0. The van der Waals surface area contributed by atoms with Crippen LogP contribution in [0, 0.1) is 17.3 Å². The van der Waals surface area contributed by atoms with Gasteiger partial charge in [-0.1, -0.05) is 25.1 Å². The lowest BCUT2D eigenvalue weighted by molar-refractivity contribution is -0.163. The first-order valence-corrected chi connectivity index (χ1v) is 16.8. The Labute approximate surface area is 259 Å². The lowest BCUT2D eigenvalue weighted by atomic mass is 9.49. The van der Waals surface area contributed by atoms with Crippen molar-refractivity contribution in [1.82, 2.24) is 4.90 Å². The molecular weight excluding hydrogens is 550 g/mol. The third-order valence-electron chi connectivity index (χ3n) is 13.5. The van der Waals surface area contributed by atoms with Crippen LogP contribution in [0.5, 0.6) is 17.2 Å². The van der Waals surface area contributed by atoms with Crippen molar-refractivity contribution in [2.45, 2.75) is 100 Å². The molecule has 8 unspecified atom stereocenters. The summed E-state index contributed by atoms with van der Waals surface area (Å²) < 4.78 is 6.68. The summed E-state index contributed by atoms with van der Waals surface area (Å²) in [7, 11) is 0. The molecule has 0 radical (unpaired) electrons. The number of fused-ring (bicyclic) bond motifs is 5. The SMILES string of the molecule is C=CCN1CCC23c4c5ccc(O)c4OC2C(=NN=C2CCC4C6CCc7cc(O)ccc7C6CCC24C)CCC3(O)C1C5. The zero-order valence-corrected chi connectivity index (χ0v) is 25.6. The summed E-state index contributed by atoms with van der Waals surface area (Å²) >= 11 is 0. The molecule has 1 spiro atoms. The standard InChI is InChI=1S/C37H43N3O4/c1-3-17-40-18-16-36-32-22-5-10-29(42)33(32)44-34(36)28(13-15-37(36,43)31(40)20-22)38-39-30-11-9-27-26-7-4-21-19-23(41)6-8-24(21)25(26)12-14-35(27,30)2/h3,5-6,8,10,19,25-27,31,34,41-43H,1,4,7,9,11-18,20H2,2H3. The number of phenolic OH excluding ortho intramolecular Hbond substituents is 2. The van der Waals surface area contributed by atoms with Gasteiger partial charge in [-0.05, 0) is 117 Å². The van der Waals surface area contributed by atoms with Gasteiger partial charge in [-0.2, -0.15) is 10.2 Å². The number of hydrogen-bond donors (Lipinski definition) is 3. The van der Waals surface area contributed by atoms with E-state index in [1.54, 1.807) is 6.07 Å². The lowest BCUT2D eigenvalue weighted by Crippen LogP contribution is -2.76. The van der Waals surface area contributed by atoms with Crippen LogP contribution in [0.3, 0.4) is 0 Å². The Kier molecular flexibility index (Phi) is 5.68. The maximum atomic E-state index is 12.6. The number of benzene rings is 2. The molecule has 0 aromatic heterocycles. The molecule has 5 aliphatic carbocycles. The number of aryl methyl sites for hydroxylation is 1. The van der Waals surface area contributed by atoms with Gasteiger partial charge in [0.05, 0.1) is 16.7 Å². The van der Waals surface area contributed by atoms with Gasteiger partial charge in [-0.25, -0.2) is 0 Å². The van der Waals surface area contributed by atoms with Crippen molar-refractivity contribution in [2.75, 3.05) is 13.1 Å². The number of aliphatic hydroxyl groups is 1. The second kappa shape index (κ2) is 9.20. The Hall–Kier alpha value is -3.16. The average Bonchev–Trinajstić information content (AvgIpc) is 3.54. The number of rotatable bonds is 3. The van der Waals surface area contributed by atoms with Crippen molar-refractivity contribution in [3.63, 3.8) is 0 Å². The first kappa shape index (κ1) is 27.2. The van der Waals surface area contributed by atoms with Crippen molar-refractivity contribution < 1.29 is 20.1 Å². The van der Waals surface area contributed by atoms with Gasteiger partial charge in [0.15, 0.2) is 17.6 Å². The van der Waals surface area contributed by atoms with Crippen molar-refractivity contribution in [2.24, 2.45) is 27.5 Å². The van der Waals surface area contributed by atoms with E-state index in [4.69, 9.17) is 14.9 Å². The predicted octanol–water partition coefficient (Wildman–Crippen LogP) is 5.79. The molecule has 2 heterocycles. The van der Waals surface area contributed by atoms with E-state index in [2.05, 4.69) is 24.5 Å². The smallest absolute Gasteiger partial charge is 0.166 e. The fourth-order valence-electron chi connectivity index (χ4n) is 11.6. The molecule has 8 atom stereocenters. The van der Waals surface area contributed by atoms with Crippen LogP contribution in [0.15, 0.2) is 53.2 Å². The van der Waals surface area contributed by atoms with Crippen molar-refractivity contribution in [3.05, 3.63) is 65.2 Å². The van der Waals surface area contributed by atoms with Crippen molar-refractivity contribution >= 4 is 11.4 Å². The van der Waals surface area contributed by atoms with Gasteiger partial charge >= 0.3 is 0 Å². The van der Waals surface area contributed by atoms with Gasteiger partial charge < -0.3 is 20.1 Å². The number of nitrogens with zero attached hydrogens (tertiary/aromatic N) is 3. The molecule has 2 aromatic rings. The van der Waals surface area contributed by atoms with E-state index in [9.17, 15) is 15.3 Å². The van der Waals surface area contributed by atoms with Crippen LogP contribution in [0.1, 0.15) is 86.5 Å². The molecule has 9 rings (SSSR count). The average molecular weight is 594 g/mol. The largest absolute Gasteiger partial charge is 0.508 e. The zero-order valence-electron chi connectivity index (χ0n) is 25.6. The van der Waals surface area contributed by atoms with E-state index in [0.29, 0.717) is 42.1 Å². The first-order valence-electron chi connectivity index (χ1n) is 16.8. The van der Waals surface area contributed by atoms with Gasteiger partial charge in [-0.15, -0.1) is 6.58 Å². The van der Waals surface area contributed by atoms with Gasteiger partial charge in [-0.3, -0.25) is 4.90 Å². The minimum Gasteiger partial charge on any atom is -0.508 e. The molecule has 0 amide bonds. The minimum absolute atomic E-state index is 0.0227. The minimum atomic E-state index is -0.964. The van der Waals surface area contributed by atoms with Crippen LogP contribution in [0.4, 0.5) is 0 Å². The highest BCUT2D eigenvalue weighted by Crippen LogP contribution is 2.65. The summed E-state index contributed by atoms with van der Waals surface area (Å²) in [5.41, 5.74) is 5.55. The maximum absolute atomic E-state index is 12.6. The van der Waals surface area contributed by atoms with Crippen molar-refractivity contribution in [1.29, 1.82) is 0 Å². The highest BCUT2D eigenvalue weighted by molar-refractivity contribution is 5.97. The highest BCUT2D eigenvalue weighted by atomic mass is 16.5. The number of likely N-dealkylation sites (tertiary alicyclic amines) is 1. The Morgan fingerprint density at radius 2 is 1.91 bits per heavy atom. The van der Waals surface area contributed by atoms with Crippen molar-refractivity contribution in [3.8, 4) is 17.2 Å². The Morgan fingerprint density at radius 1 is 1.02 bits per heavy atom. The first-order chi connectivity index (χ1) is 21.3. The Balaban J connectivity index is 1.06. The predicted molar refractivity (Wildman–Crippen MR) is 170 cm³/mol. The van der Waals surface area contributed by atoms with Crippen LogP contribution in [-0.4, -0.2) is 62.5 Å². The molecule has 2 aliphatic heterocycles. The molecule has 2 aromatic carbocycles. The topological polar surface area (TPSA) is 97.9 Å². The normalized spacial score (nSPS) is 41.5. The van der Waals surface area contributed by atoms with Crippen LogP contribution in [0.25, 0.3) is 0 Å². The van der Waals surface area contributed by atoms with E-state index in [1.807, 2.05) is 24.3 Å². The lowest BCUT2D eigenvalue weighted by Gasteiger charge is -2.62. The molecule has 7 heteroatoms. The Morgan fingerprint density at radius 3 is 2.77 bits per heavy atom. The summed E-state index contributed by atoms with van der Waals surface area (Å²) in [4.78, 5) is 2.38. The van der Waals surface area contributed by atoms with E-state index in [0.717, 1.165) is 69.3 Å². The quantitative estimate of drug-likeness (QED) is 0.309. The maximum Gasteiger partial charge on any atom is 0.166 e. The fraction of sp³-hybridized carbons (Fsp3) is 0.568. The molecule has 2 bridgehead atoms. The number of phenols is 2. The van der Waals surface area contributed by atoms with Gasteiger partial charge in [0, 0.05) is 35.8 Å². The Bertz CT molecular complexity index is 1650. The second-order valence-electron chi connectivity index (χ2n) is 15.0. The molecule has 1 saturated heterocycles. The molecule has 7 aliphatic rings. The number of ether oxygens (including phenoxy) is 1. The van der Waals surface area contributed by atoms with Gasteiger partial charge in [0.2, 0.25) is 0 Å². The monoisotopic (exact) mass is 593 g/mol. The highest BCUT2D eigenvalue weighted by Gasteiger charge is 2.72. The van der Waals surface area contributed by atoms with Crippen LogP contribution in [0.2, 0.25) is 0 Å². The van der Waals surface area contributed by atoms with E-state index >= 15 is 0 Å². The van der Waals surface area contributed by atoms with Crippen LogP contribution in [-0.2, 0) is 18.3 Å². The fourth-order valence-corrected chi connectivity index (χ4v) is 11.6. The third kappa shape index (κ3) is 3.30. The molecule has 3 N–H and O–H groups in total. The number of piperidine rings is 1. The van der Waals surface area contributed by atoms with Gasteiger partial charge in [0.25, 0.3) is 0 Å². The summed E-state index contributed by atoms with van der Waals surface area (Å²) in [6.45, 7) is 8.01. The van der Waals surface area contributed by atoms with E-state index in [-0.39, 0.29) is 17.2 Å². The molecule has 3 saturated carbocycles. The molecular formula is C37H43N3O4. The number of hydrogen-bond acceptors (Lipinski definition) is 7. The molecule has 7 nitrogen and oxygen atoms in total. The second-order valence-corrected chi connectivity index (χ2v) is 15.0. The molecule has 44 heavy (non-hydrogen) atoms. The summed E-state index contributed by atoms with van der Waals surface area (Å²) in [5.74, 6) is 2.88. The molecule has 4 fully saturated rings. The van der Waals surface area contributed by atoms with Crippen LogP contribution < -0.4 is 4.74 Å². The molecule has 230 valence electrons. The van der Waals surface area contributed by atoms with Crippen LogP contribution >= 0.6 is 0 Å². The third-order valence-corrected chi connectivity index (χ3v) is 13.5.